The van der Waals surface area contributed by atoms with Gasteiger partial charge in [-0.2, -0.15) is 0 Å². The second-order valence-electron chi connectivity index (χ2n) is 6.94. The fraction of sp³-hybridized carbons (Fsp3) is 0.350. The molecule has 2 aliphatic heterocycles. The molecular weight excluding hydrogens is 349 g/mol. The van der Waals surface area contributed by atoms with Crippen molar-refractivity contribution < 1.29 is 18.7 Å². The number of hydrogen-bond acceptors (Lipinski definition) is 4. The summed E-state index contributed by atoms with van der Waals surface area (Å²) in [6, 6.07) is 9.53. The summed E-state index contributed by atoms with van der Waals surface area (Å²) < 4.78 is 18.8. The maximum absolute atomic E-state index is 13.1. The molecule has 7 heteroatoms. The molecule has 140 valence electrons. The van der Waals surface area contributed by atoms with Crippen LogP contribution in [0.4, 0.5) is 4.39 Å². The van der Waals surface area contributed by atoms with Gasteiger partial charge in [-0.3, -0.25) is 14.6 Å². The van der Waals surface area contributed by atoms with Crippen LogP contribution in [-0.2, 0) is 16.1 Å². The summed E-state index contributed by atoms with van der Waals surface area (Å²) in [5.74, 6) is -0.586. The average molecular weight is 369 g/mol. The molecule has 2 amide bonds. The lowest BCUT2D eigenvalue weighted by Crippen LogP contribution is -2.53. The summed E-state index contributed by atoms with van der Waals surface area (Å²) in [6.07, 6.45) is 1.38. The Balaban J connectivity index is 1.53. The summed E-state index contributed by atoms with van der Waals surface area (Å²) >= 11 is 0. The molecule has 0 unspecified atom stereocenters. The highest BCUT2D eigenvalue weighted by Gasteiger charge is 2.45. The van der Waals surface area contributed by atoms with Gasteiger partial charge in [-0.05, 0) is 36.2 Å². The van der Waals surface area contributed by atoms with Gasteiger partial charge in [0.25, 0.3) is 5.91 Å². The number of carbonyl (C=O) groups is 2. The second kappa shape index (κ2) is 7.08. The van der Waals surface area contributed by atoms with Gasteiger partial charge in [-0.15, -0.1) is 0 Å². The normalized spacial score (nSPS) is 22.1. The van der Waals surface area contributed by atoms with Crippen molar-refractivity contribution in [1.29, 1.82) is 0 Å². The molecule has 0 N–H and O–H groups in total. The number of carbonyl (C=O) groups excluding carboxylic acids is 2. The lowest BCUT2D eigenvalue weighted by molar-refractivity contribution is -0.153. The number of rotatable bonds is 3. The Morgan fingerprint density at radius 1 is 1.26 bits per heavy atom. The first-order chi connectivity index (χ1) is 13.0. The maximum atomic E-state index is 13.1. The van der Waals surface area contributed by atoms with E-state index in [9.17, 15) is 14.0 Å². The molecule has 2 saturated heterocycles. The van der Waals surface area contributed by atoms with E-state index in [2.05, 4.69) is 4.98 Å². The molecule has 0 radical (unpaired) electrons. The van der Waals surface area contributed by atoms with Crippen molar-refractivity contribution in [2.24, 2.45) is 0 Å². The van der Waals surface area contributed by atoms with Crippen molar-refractivity contribution in [3.05, 3.63) is 65.2 Å². The number of amides is 2. The summed E-state index contributed by atoms with van der Waals surface area (Å²) in [4.78, 5) is 32.9. The van der Waals surface area contributed by atoms with E-state index < -0.39 is 0 Å². The summed E-state index contributed by atoms with van der Waals surface area (Å²) in [7, 11) is 0. The van der Waals surface area contributed by atoms with Crippen LogP contribution in [0, 0.1) is 12.7 Å². The molecular formula is C20H20FN3O3. The van der Waals surface area contributed by atoms with Crippen molar-refractivity contribution in [1.82, 2.24) is 14.8 Å². The van der Waals surface area contributed by atoms with Crippen LogP contribution in [0.3, 0.4) is 0 Å². The fourth-order valence-electron chi connectivity index (χ4n) is 3.68. The smallest absolute Gasteiger partial charge is 0.272 e. The number of likely N-dealkylation sites (tertiary alicyclic amines) is 1. The van der Waals surface area contributed by atoms with Gasteiger partial charge in [-0.1, -0.05) is 18.2 Å². The standard InChI is InChI=1S/C20H20FN3O3/c1-13-3-2-8-22-19(13)20(26)23-10-16-17(11-23)27-12-18(25)24(16)9-14-4-6-15(21)7-5-14/h2-8,16-17H,9-12H2,1H3/t16-,17-/m1/s1. The van der Waals surface area contributed by atoms with Crippen LogP contribution < -0.4 is 0 Å². The minimum atomic E-state index is -0.312. The minimum absolute atomic E-state index is 0.00694. The van der Waals surface area contributed by atoms with Crippen LogP contribution in [0.5, 0.6) is 0 Å². The highest BCUT2D eigenvalue weighted by Crippen LogP contribution is 2.26. The summed E-state index contributed by atoms with van der Waals surface area (Å²) in [5, 5.41) is 0. The zero-order chi connectivity index (χ0) is 19.0. The van der Waals surface area contributed by atoms with Gasteiger partial charge in [-0.25, -0.2) is 4.39 Å². The highest BCUT2D eigenvalue weighted by atomic mass is 19.1. The Morgan fingerprint density at radius 2 is 2.04 bits per heavy atom. The molecule has 1 aromatic carbocycles. The van der Waals surface area contributed by atoms with Crippen LogP contribution in [-0.4, -0.2) is 58.4 Å². The monoisotopic (exact) mass is 369 g/mol. The van der Waals surface area contributed by atoms with Gasteiger partial charge in [0.05, 0.1) is 12.1 Å². The fourth-order valence-corrected chi connectivity index (χ4v) is 3.68. The third-order valence-electron chi connectivity index (χ3n) is 5.14. The molecule has 4 rings (SSSR count). The quantitative estimate of drug-likeness (QED) is 0.828. The largest absolute Gasteiger partial charge is 0.364 e. The number of pyridine rings is 1. The molecule has 2 aliphatic rings. The lowest BCUT2D eigenvalue weighted by atomic mass is 10.1. The van der Waals surface area contributed by atoms with Crippen molar-refractivity contribution in [3.63, 3.8) is 0 Å². The van der Waals surface area contributed by atoms with Crippen molar-refractivity contribution in [2.45, 2.75) is 25.6 Å². The molecule has 27 heavy (non-hydrogen) atoms. The van der Waals surface area contributed by atoms with E-state index in [1.807, 2.05) is 13.0 Å². The summed E-state index contributed by atoms with van der Waals surface area (Å²) in [6.45, 7) is 3.03. The molecule has 0 saturated carbocycles. The van der Waals surface area contributed by atoms with Crippen LogP contribution in [0.2, 0.25) is 0 Å². The van der Waals surface area contributed by atoms with Crippen LogP contribution in [0.15, 0.2) is 42.6 Å². The lowest BCUT2D eigenvalue weighted by Gasteiger charge is -2.36. The number of aromatic nitrogens is 1. The zero-order valence-corrected chi connectivity index (χ0v) is 15.0. The van der Waals surface area contributed by atoms with E-state index >= 15 is 0 Å². The first-order valence-corrected chi connectivity index (χ1v) is 8.89. The third-order valence-corrected chi connectivity index (χ3v) is 5.14. The van der Waals surface area contributed by atoms with E-state index in [4.69, 9.17) is 4.74 Å². The van der Waals surface area contributed by atoms with Crippen molar-refractivity contribution >= 4 is 11.8 Å². The van der Waals surface area contributed by atoms with Gasteiger partial charge >= 0.3 is 0 Å². The number of benzene rings is 1. The van der Waals surface area contributed by atoms with E-state index in [0.29, 0.717) is 25.3 Å². The van der Waals surface area contributed by atoms with Crippen molar-refractivity contribution in [2.75, 3.05) is 19.7 Å². The Kier molecular flexibility index (Phi) is 4.61. The van der Waals surface area contributed by atoms with Crippen LogP contribution in [0.1, 0.15) is 21.6 Å². The summed E-state index contributed by atoms with van der Waals surface area (Å²) in [5.41, 5.74) is 2.08. The molecule has 3 heterocycles. The number of nitrogens with zero attached hydrogens (tertiary/aromatic N) is 3. The molecule has 0 aliphatic carbocycles. The van der Waals surface area contributed by atoms with Crippen molar-refractivity contribution in [3.8, 4) is 0 Å². The van der Waals surface area contributed by atoms with E-state index in [1.165, 1.54) is 12.1 Å². The average Bonchev–Trinajstić information content (AvgIpc) is 3.10. The van der Waals surface area contributed by atoms with Gasteiger partial charge in [0.15, 0.2) is 0 Å². The number of ether oxygens (including phenoxy) is 1. The number of fused-ring (bicyclic) bond motifs is 1. The zero-order valence-electron chi connectivity index (χ0n) is 15.0. The predicted octanol–water partition coefficient (Wildman–Crippen LogP) is 1.78. The van der Waals surface area contributed by atoms with E-state index in [0.717, 1.165) is 11.1 Å². The van der Waals surface area contributed by atoms with Crippen LogP contribution in [0.25, 0.3) is 0 Å². The maximum Gasteiger partial charge on any atom is 0.272 e. The van der Waals surface area contributed by atoms with Gasteiger partial charge in [0.1, 0.15) is 18.1 Å². The molecule has 0 bridgehead atoms. The SMILES string of the molecule is Cc1cccnc1C(=O)N1C[C@@H]2[C@@H](C1)OCC(=O)N2Cc1ccc(F)cc1. The van der Waals surface area contributed by atoms with Crippen LogP contribution >= 0.6 is 0 Å². The first-order valence-electron chi connectivity index (χ1n) is 8.89. The molecule has 0 spiro atoms. The van der Waals surface area contributed by atoms with Gasteiger partial charge in [0.2, 0.25) is 5.91 Å². The Bertz CT molecular complexity index is 871. The Morgan fingerprint density at radius 3 is 2.78 bits per heavy atom. The van der Waals surface area contributed by atoms with E-state index in [-0.39, 0.29) is 36.4 Å². The van der Waals surface area contributed by atoms with Gasteiger partial charge in [0, 0.05) is 25.8 Å². The Labute approximate surface area is 156 Å². The third kappa shape index (κ3) is 3.42. The highest BCUT2D eigenvalue weighted by molar-refractivity contribution is 5.94. The molecule has 1 aromatic heterocycles. The molecule has 6 nitrogen and oxygen atoms in total. The molecule has 2 atom stereocenters. The number of halogens is 1. The number of aryl methyl sites for hydroxylation is 1. The van der Waals surface area contributed by atoms with E-state index in [1.54, 1.807) is 34.2 Å². The minimum Gasteiger partial charge on any atom is -0.364 e. The predicted molar refractivity (Wildman–Crippen MR) is 95.4 cm³/mol. The first kappa shape index (κ1) is 17.6. The number of hydrogen-bond donors (Lipinski definition) is 0. The second-order valence-corrected chi connectivity index (χ2v) is 6.94. The molecule has 2 fully saturated rings. The number of morpholine rings is 1. The topological polar surface area (TPSA) is 62.7 Å². The Hall–Kier alpha value is -2.80. The van der Waals surface area contributed by atoms with Gasteiger partial charge < -0.3 is 14.5 Å². The molecule has 2 aromatic rings.